The summed E-state index contributed by atoms with van der Waals surface area (Å²) in [6.07, 6.45) is 1.25. The van der Waals surface area contributed by atoms with Gasteiger partial charge in [0.25, 0.3) is 0 Å². The van der Waals surface area contributed by atoms with Crippen LogP contribution in [-0.4, -0.2) is 18.0 Å². The van der Waals surface area contributed by atoms with E-state index in [4.69, 9.17) is 0 Å². The lowest BCUT2D eigenvalue weighted by Crippen LogP contribution is -2.20. The van der Waals surface area contributed by atoms with E-state index >= 15 is 0 Å². The molecule has 0 atom stereocenters. The maximum absolute atomic E-state index is 13.3. The van der Waals surface area contributed by atoms with Crippen LogP contribution in [0.25, 0.3) is 0 Å². The standard InChI is InChI=1S/C17H16FN3O2/c18-15-9-5-4-6-13(15)12-19-21-17(23)11-10-16(22)20-14-7-2-1-3-8-14/h1-9,12H,10-11H2,(H,20,22)(H,21,23). The molecule has 118 valence electrons. The molecule has 2 rings (SSSR count). The van der Waals surface area contributed by atoms with Crippen molar-refractivity contribution < 1.29 is 14.0 Å². The molecular formula is C17H16FN3O2. The van der Waals surface area contributed by atoms with Gasteiger partial charge >= 0.3 is 0 Å². The predicted octanol–water partition coefficient (Wildman–Crippen LogP) is 2.69. The van der Waals surface area contributed by atoms with Crippen molar-refractivity contribution in [3.8, 4) is 0 Å². The van der Waals surface area contributed by atoms with E-state index in [9.17, 15) is 14.0 Å². The summed E-state index contributed by atoms with van der Waals surface area (Å²) in [5.41, 5.74) is 3.21. The van der Waals surface area contributed by atoms with Crippen molar-refractivity contribution in [3.05, 3.63) is 66.0 Å². The van der Waals surface area contributed by atoms with Crippen LogP contribution in [0.1, 0.15) is 18.4 Å². The molecule has 2 aromatic rings. The summed E-state index contributed by atoms with van der Waals surface area (Å²) in [4.78, 5) is 23.3. The van der Waals surface area contributed by atoms with Gasteiger partial charge in [-0.05, 0) is 18.2 Å². The van der Waals surface area contributed by atoms with Gasteiger partial charge in [-0.1, -0.05) is 36.4 Å². The van der Waals surface area contributed by atoms with Gasteiger partial charge in [-0.3, -0.25) is 9.59 Å². The molecule has 0 aliphatic rings. The first-order valence-electron chi connectivity index (χ1n) is 7.06. The molecule has 2 N–H and O–H groups in total. The van der Waals surface area contributed by atoms with Crippen LogP contribution < -0.4 is 10.7 Å². The number of amides is 2. The SMILES string of the molecule is O=C(CCC(=O)Nc1ccccc1)NN=Cc1ccccc1F. The zero-order valence-electron chi connectivity index (χ0n) is 12.3. The number of halogens is 1. The van der Waals surface area contributed by atoms with Crippen LogP contribution in [0.2, 0.25) is 0 Å². The fourth-order valence-corrected chi connectivity index (χ4v) is 1.78. The minimum absolute atomic E-state index is 0.00667. The Balaban J connectivity index is 1.73. The average Bonchev–Trinajstić information content (AvgIpc) is 2.56. The zero-order chi connectivity index (χ0) is 16.5. The third-order valence-electron chi connectivity index (χ3n) is 2.93. The molecule has 0 unspecified atom stereocenters. The molecule has 0 heterocycles. The van der Waals surface area contributed by atoms with Gasteiger partial charge in [0.05, 0.1) is 6.21 Å². The highest BCUT2D eigenvalue weighted by atomic mass is 19.1. The van der Waals surface area contributed by atoms with Crippen molar-refractivity contribution in [2.24, 2.45) is 5.10 Å². The summed E-state index contributed by atoms with van der Waals surface area (Å²) >= 11 is 0. The lowest BCUT2D eigenvalue weighted by molar-refractivity contribution is -0.124. The van der Waals surface area contributed by atoms with Gasteiger partial charge in [-0.15, -0.1) is 0 Å². The van der Waals surface area contributed by atoms with Crippen molar-refractivity contribution in [3.63, 3.8) is 0 Å². The average molecular weight is 313 g/mol. The van der Waals surface area contributed by atoms with Gasteiger partial charge in [0, 0.05) is 24.1 Å². The number of hydrogen-bond acceptors (Lipinski definition) is 3. The lowest BCUT2D eigenvalue weighted by atomic mass is 10.2. The monoisotopic (exact) mass is 313 g/mol. The number of hydrazone groups is 1. The summed E-state index contributed by atoms with van der Waals surface area (Å²) in [5.74, 6) is -1.10. The van der Waals surface area contributed by atoms with E-state index in [1.54, 1.807) is 36.4 Å². The second-order valence-corrected chi connectivity index (χ2v) is 4.73. The van der Waals surface area contributed by atoms with Crippen LogP contribution in [-0.2, 0) is 9.59 Å². The van der Waals surface area contributed by atoms with Gasteiger partial charge in [0.2, 0.25) is 11.8 Å². The number of anilines is 1. The lowest BCUT2D eigenvalue weighted by Gasteiger charge is -2.04. The number of para-hydroxylation sites is 1. The minimum Gasteiger partial charge on any atom is -0.326 e. The molecule has 23 heavy (non-hydrogen) atoms. The van der Waals surface area contributed by atoms with Crippen molar-refractivity contribution in [1.82, 2.24) is 5.43 Å². The van der Waals surface area contributed by atoms with E-state index in [-0.39, 0.29) is 24.3 Å². The molecule has 0 fully saturated rings. The minimum atomic E-state index is -0.423. The Labute approximate surface area is 133 Å². The maximum Gasteiger partial charge on any atom is 0.240 e. The van der Waals surface area contributed by atoms with Gasteiger partial charge in [0.1, 0.15) is 5.82 Å². The Kier molecular flexibility index (Phi) is 5.99. The molecule has 0 spiro atoms. The first-order chi connectivity index (χ1) is 11.1. The molecule has 6 heteroatoms. The predicted molar refractivity (Wildman–Crippen MR) is 86.4 cm³/mol. The van der Waals surface area contributed by atoms with Gasteiger partial charge in [-0.25, -0.2) is 9.82 Å². The normalized spacial score (nSPS) is 10.5. The Morgan fingerprint density at radius 2 is 1.61 bits per heavy atom. The topological polar surface area (TPSA) is 70.6 Å². The molecule has 5 nitrogen and oxygen atoms in total. The Morgan fingerprint density at radius 3 is 2.35 bits per heavy atom. The fraction of sp³-hybridized carbons (Fsp3) is 0.118. The van der Waals surface area contributed by atoms with Crippen molar-refractivity contribution >= 4 is 23.7 Å². The van der Waals surface area contributed by atoms with Gasteiger partial charge < -0.3 is 5.32 Å². The van der Waals surface area contributed by atoms with Crippen LogP contribution in [0.15, 0.2) is 59.7 Å². The first kappa shape index (κ1) is 16.4. The zero-order valence-corrected chi connectivity index (χ0v) is 12.3. The van der Waals surface area contributed by atoms with E-state index in [1.165, 1.54) is 18.3 Å². The molecular weight excluding hydrogens is 297 g/mol. The third kappa shape index (κ3) is 5.70. The molecule has 0 saturated carbocycles. The number of nitrogens with zero attached hydrogens (tertiary/aromatic N) is 1. The van der Waals surface area contributed by atoms with Crippen molar-refractivity contribution in [1.29, 1.82) is 0 Å². The first-order valence-corrected chi connectivity index (χ1v) is 7.06. The van der Waals surface area contributed by atoms with Gasteiger partial charge in [-0.2, -0.15) is 5.10 Å². The number of carbonyl (C=O) groups excluding carboxylic acids is 2. The van der Waals surface area contributed by atoms with E-state index < -0.39 is 11.7 Å². The Bertz CT molecular complexity index is 702. The highest BCUT2D eigenvalue weighted by Gasteiger charge is 2.06. The number of benzene rings is 2. The van der Waals surface area contributed by atoms with Crippen LogP contribution in [0.3, 0.4) is 0 Å². The summed E-state index contributed by atoms with van der Waals surface area (Å²) in [7, 11) is 0. The van der Waals surface area contributed by atoms with E-state index in [2.05, 4.69) is 15.8 Å². The maximum atomic E-state index is 13.3. The largest absolute Gasteiger partial charge is 0.326 e. The van der Waals surface area contributed by atoms with Crippen molar-refractivity contribution in [2.75, 3.05) is 5.32 Å². The second kappa shape index (κ2) is 8.43. The van der Waals surface area contributed by atoms with E-state index in [1.807, 2.05) is 6.07 Å². The van der Waals surface area contributed by atoms with Crippen molar-refractivity contribution in [2.45, 2.75) is 12.8 Å². The Morgan fingerprint density at radius 1 is 0.957 bits per heavy atom. The smallest absolute Gasteiger partial charge is 0.240 e. The molecule has 0 radical (unpaired) electrons. The third-order valence-corrected chi connectivity index (χ3v) is 2.93. The second-order valence-electron chi connectivity index (χ2n) is 4.73. The highest BCUT2D eigenvalue weighted by molar-refractivity contribution is 5.93. The fourth-order valence-electron chi connectivity index (χ4n) is 1.78. The molecule has 2 amide bonds. The number of carbonyl (C=O) groups is 2. The number of rotatable bonds is 6. The van der Waals surface area contributed by atoms with Crippen LogP contribution in [0.5, 0.6) is 0 Å². The molecule has 0 bridgehead atoms. The highest BCUT2D eigenvalue weighted by Crippen LogP contribution is 2.06. The molecule has 0 aromatic heterocycles. The summed E-state index contributed by atoms with van der Waals surface area (Å²) in [5, 5.41) is 6.35. The van der Waals surface area contributed by atoms with Crippen LogP contribution in [0, 0.1) is 5.82 Å². The molecule has 0 saturated heterocycles. The van der Waals surface area contributed by atoms with Crippen LogP contribution in [0.4, 0.5) is 10.1 Å². The van der Waals surface area contributed by atoms with Crippen LogP contribution >= 0.6 is 0 Å². The Hall–Kier alpha value is -3.02. The quantitative estimate of drug-likeness (QED) is 0.636. The summed E-state index contributed by atoms with van der Waals surface area (Å²) in [6.45, 7) is 0. The van der Waals surface area contributed by atoms with E-state index in [0.29, 0.717) is 5.69 Å². The number of nitrogens with one attached hydrogen (secondary N) is 2. The van der Waals surface area contributed by atoms with E-state index in [0.717, 1.165) is 0 Å². The molecule has 0 aliphatic heterocycles. The summed E-state index contributed by atoms with van der Waals surface area (Å²) in [6, 6.07) is 15.1. The molecule has 0 aliphatic carbocycles. The number of hydrogen-bond donors (Lipinski definition) is 2. The van der Waals surface area contributed by atoms with Gasteiger partial charge in [0.15, 0.2) is 0 Å². The summed E-state index contributed by atoms with van der Waals surface area (Å²) < 4.78 is 13.3. The molecule has 2 aromatic carbocycles.